The Bertz CT molecular complexity index is 7550. The number of aromatic amines is 10. The van der Waals surface area contributed by atoms with E-state index in [2.05, 4.69) is 110 Å². The van der Waals surface area contributed by atoms with Gasteiger partial charge in [0.05, 0.1) is 110 Å². The highest BCUT2D eigenvalue weighted by Gasteiger charge is 2.25. The summed E-state index contributed by atoms with van der Waals surface area (Å²) in [4.78, 5) is 195. The fraction of sp³-hybridized carbons (Fsp3) is 0.130. The molecule has 696 valence electrons. The molecular weight excluding hydrogens is 1830 g/mol. The molecule has 0 amide bonds. The molecule has 14 aromatic heterocycles. The number of ether oxygens (including phenoxy) is 6. The van der Waals surface area contributed by atoms with E-state index < -0.39 is 23.9 Å². The van der Waals surface area contributed by atoms with Gasteiger partial charge in [0.2, 0.25) is 11.7 Å². The molecule has 0 aliphatic heterocycles. The summed E-state index contributed by atoms with van der Waals surface area (Å²) in [5.41, 5.74) is 9.53. The van der Waals surface area contributed by atoms with Crippen molar-refractivity contribution in [2.45, 2.75) is 41.5 Å². The van der Waals surface area contributed by atoms with E-state index in [-0.39, 0.29) is 67.9 Å². The van der Waals surface area contributed by atoms with Gasteiger partial charge in [-0.05, 0) is 155 Å². The van der Waals surface area contributed by atoms with E-state index in [0.717, 1.165) is 27.8 Å². The van der Waals surface area contributed by atoms with Gasteiger partial charge < -0.3 is 108 Å². The molecule has 14 N–H and O–H groups in total. The van der Waals surface area contributed by atoms with Crippen LogP contribution in [-0.4, -0.2) is 200 Å². The van der Waals surface area contributed by atoms with E-state index in [1.54, 1.807) is 97.2 Å². The van der Waals surface area contributed by atoms with Crippen LogP contribution < -0.4 is 51.5 Å². The monoisotopic (exact) mass is 1900 g/mol. The number of fused-ring (bicyclic) bond motifs is 5. The molecule has 0 bridgehead atoms. The lowest BCUT2D eigenvalue weighted by Crippen LogP contribution is -2.10. The van der Waals surface area contributed by atoms with Crippen molar-refractivity contribution in [3.05, 3.63) is 262 Å². The molecule has 46 heteroatoms. The van der Waals surface area contributed by atoms with Gasteiger partial charge in [-0.15, -0.1) is 22.7 Å². The lowest BCUT2D eigenvalue weighted by molar-refractivity contribution is 0.0524. The van der Waals surface area contributed by atoms with Crippen molar-refractivity contribution in [3.8, 4) is 141 Å². The number of aromatic nitrogens is 22. The van der Waals surface area contributed by atoms with Crippen LogP contribution in [0.15, 0.2) is 215 Å². The average molecular weight is 1900 g/mol. The first kappa shape index (κ1) is 92.5. The molecule has 138 heavy (non-hydrogen) atoms. The summed E-state index contributed by atoms with van der Waals surface area (Å²) in [5.74, 6) is -0.106. The molecule has 0 spiro atoms. The molecule has 20 aromatic rings. The summed E-state index contributed by atoms with van der Waals surface area (Å²) in [6.07, 6.45) is 8.12. The number of nitrogens with one attached hydrogen (secondary N) is 10. The number of hydrogen-bond acceptors (Lipinski definition) is 32. The third-order valence-electron chi connectivity index (χ3n) is 20.1. The second kappa shape index (κ2) is 40.9. The number of rotatable bonds is 26. The molecule has 6 aromatic carbocycles. The van der Waals surface area contributed by atoms with Crippen molar-refractivity contribution >= 4 is 108 Å². The van der Waals surface area contributed by atoms with E-state index in [0.29, 0.717) is 209 Å². The van der Waals surface area contributed by atoms with Crippen LogP contribution >= 0.6 is 22.7 Å². The number of aromatic carboxylic acids is 4. The summed E-state index contributed by atoms with van der Waals surface area (Å²) in [6.45, 7) is 13.4. The fourth-order valence-corrected chi connectivity index (χ4v) is 15.5. The minimum absolute atomic E-state index is 0.00739. The predicted octanol–water partition coefficient (Wildman–Crippen LogP) is 14.0. The third-order valence-corrected chi connectivity index (χ3v) is 21.9. The van der Waals surface area contributed by atoms with Crippen molar-refractivity contribution < 1.29 is 81.7 Å². The first-order valence-electron chi connectivity index (χ1n) is 41.7. The summed E-state index contributed by atoms with van der Waals surface area (Å²) in [6, 6.07) is 38.2. The first-order valence-corrected chi connectivity index (χ1v) is 43.5. The lowest BCUT2D eigenvalue weighted by Gasteiger charge is -2.12. The van der Waals surface area contributed by atoms with Crippen LogP contribution in [0.4, 0.5) is 0 Å². The van der Waals surface area contributed by atoms with Crippen molar-refractivity contribution in [2.24, 2.45) is 0 Å². The maximum absolute atomic E-state index is 12.3. The zero-order chi connectivity index (χ0) is 97.0. The second-order valence-corrected chi connectivity index (χ2v) is 30.5. The number of esters is 1. The maximum atomic E-state index is 12.3. The summed E-state index contributed by atoms with van der Waals surface area (Å²) in [7, 11) is 0. The lowest BCUT2D eigenvalue weighted by atomic mass is 10.0. The number of benzene rings is 6. The number of thiophene rings is 1. The Morgan fingerprint density at radius 3 is 1.07 bits per heavy atom. The topological polar surface area (TPSA) is 646 Å². The van der Waals surface area contributed by atoms with Gasteiger partial charge >= 0.3 is 29.8 Å². The Balaban J connectivity index is 0.000000125. The number of furan rings is 1. The maximum Gasteiger partial charge on any atom is 0.371 e. The van der Waals surface area contributed by atoms with Crippen LogP contribution in [0.1, 0.15) is 93.8 Å². The van der Waals surface area contributed by atoms with Crippen LogP contribution in [0, 0.1) is 0 Å². The van der Waals surface area contributed by atoms with Gasteiger partial charge in [0.25, 0.3) is 27.8 Å². The number of carbonyl (C=O) groups excluding carboxylic acids is 1. The number of hydrogen-bond donors (Lipinski definition) is 14. The van der Waals surface area contributed by atoms with Gasteiger partial charge in [0.1, 0.15) is 74.9 Å². The highest BCUT2D eigenvalue weighted by molar-refractivity contribution is 7.14. The molecule has 0 atom stereocenters. The average Bonchev–Trinajstić information content (AvgIpc) is 1.42. The van der Waals surface area contributed by atoms with Crippen LogP contribution in [0.2, 0.25) is 0 Å². The van der Waals surface area contributed by atoms with E-state index in [9.17, 15) is 47.9 Å². The number of H-pyrrole nitrogens is 10. The molecule has 0 saturated heterocycles. The largest absolute Gasteiger partial charge is 0.493 e. The van der Waals surface area contributed by atoms with E-state index in [4.69, 9.17) is 57.7 Å². The van der Waals surface area contributed by atoms with Gasteiger partial charge in [0, 0.05) is 32.3 Å². The van der Waals surface area contributed by atoms with E-state index >= 15 is 0 Å². The Kier molecular flexibility index (Phi) is 27.4. The number of oxazole rings is 1. The van der Waals surface area contributed by atoms with Gasteiger partial charge in [-0.1, -0.05) is 36.4 Å². The fourth-order valence-electron chi connectivity index (χ4n) is 13.8. The first-order chi connectivity index (χ1) is 66.9. The Morgan fingerprint density at radius 2 is 0.703 bits per heavy atom. The number of carboxylic acid groups (broad SMARTS) is 4. The Hall–Kier alpha value is -18.8. The molecule has 44 nitrogen and oxygen atoms in total. The van der Waals surface area contributed by atoms with Crippen LogP contribution in [-0.2, 0) is 4.74 Å². The van der Waals surface area contributed by atoms with Crippen LogP contribution in [0.3, 0.4) is 0 Å². The molecular formula is C92H74N22O22S2. The molecule has 0 fully saturated rings. The molecule has 0 aliphatic rings. The Labute approximate surface area is 779 Å². The van der Waals surface area contributed by atoms with Crippen molar-refractivity contribution in [1.29, 1.82) is 0 Å². The molecule has 0 aliphatic carbocycles. The van der Waals surface area contributed by atoms with Crippen LogP contribution in [0.25, 0.3) is 168 Å². The molecule has 20 rings (SSSR count). The number of thiazole rings is 1. The van der Waals surface area contributed by atoms with Crippen molar-refractivity contribution in [1.82, 2.24) is 110 Å². The van der Waals surface area contributed by atoms with Gasteiger partial charge in [0.15, 0.2) is 67.2 Å². The SMILES string of the molecule is CCOC(=O)c1ccc(-c2ccc(-c3nc4nc[nH]c4c(=O)[nH]3)c(OCC)c2)cc1.CCOc1cc(-c2cc(C(=O)O)cs2)ccc1-c1nc2nc[nH]c2c(=O)[nH]1.CCOc1cc(-c2ccc(C(=O)O)o2)ccc1-c1nc2nc[nH]c2c(=O)[nH]1.CCOc1cc(-c2nc(C(=O)O)co2)ccc1-c1nc2nc[nH]c2c(=O)[nH]1.CCOc1cc(-c2nc(C(=O)O)cs2)ccc1-c1nc2nc[nH]c2c(=O)[nH]1. The normalized spacial score (nSPS) is 11.0. The van der Waals surface area contributed by atoms with E-state index in [1.165, 1.54) is 65.8 Å². The quantitative estimate of drug-likeness (QED) is 0.0224. The molecule has 0 unspecified atom stereocenters. The second-order valence-electron chi connectivity index (χ2n) is 28.8. The smallest absolute Gasteiger partial charge is 0.371 e. The molecule has 0 radical (unpaired) electrons. The zero-order valence-corrected chi connectivity index (χ0v) is 74.5. The molecule has 14 heterocycles. The van der Waals surface area contributed by atoms with Gasteiger partial charge in [-0.2, -0.15) is 0 Å². The standard InChI is InChI=1S/C22H20N4O4.C18H14N4O5.C18H14N4O4S.C17H13N5O5.C17H13N5O4S/c1-3-29-17-11-15(13-5-7-14(8-6-13)22(28)30-4-2)9-10-16(17)19-25-20-18(21(27)26-19)23-12-24-20;1-2-26-13-7-9(11-5-6-12(27-11)18(24)25)3-4-10(13)15-21-16-14(17(23)22-15)19-8-20-16;1-2-26-12-5-9(13-6-10(7-27-13)18(24)25)3-4-11(12)15-21-16-14(17(23)22-15)19-8-20-16;2*1-2-26-11-5-8(16-20-10(6-27-16)17(24)25)3-4-9(11)13-21-14-12(15(23)22-13)18-7-19-14/h5-12H,3-4H2,1-2H3,(H2,23,24,25,26,27);2*3-8H,2H2,1H3,(H,24,25)(H2,19,20,21,22,23);2*3-7H,2H2,1H3,(H,24,25)(H2,18,19,21,22,23). The number of carbonyl (C=O) groups is 5. The van der Waals surface area contributed by atoms with Gasteiger partial charge in [-0.25, -0.2) is 83.8 Å². The summed E-state index contributed by atoms with van der Waals surface area (Å²) in [5, 5.41) is 39.8. The third kappa shape index (κ3) is 20.2. The highest BCUT2D eigenvalue weighted by atomic mass is 32.1. The number of carboxylic acids is 4. The summed E-state index contributed by atoms with van der Waals surface area (Å²) >= 11 is 2.57. The minimum atomic E-state index is -1.18. The zero-order valence-electron chi connectivity index (χ0n) is 72.9. The highest BCUT2D eigenvalue weighted by Crippen LogP contribution is 2.41. The van der Waals surface area contributed by atoms with Gasteiger partial charge in [-0.3, -0.25) is 24.0 Å². The summed E-state index contributed by atoms with van der Waals surface area (Å²) < 4.78 is 44.2. The van der Waals surface area contributed by atoms with Crippen LogP contribution in [0.5, 0.6) is 28.7 Å². The van der Waals surface area contributed by atoms with Crippen molar-refractivity contribution in [3.63, 3.8) is 0 Å². The molecule has 0 saturated carbocycles. The number of nitrogens with zero attached hydrogens (tertiary/aromatic N) is 12. The minimum Gasteiger partial charge on any atom is -0.493 e. The van der Waals surface area contributed by atoms with Crippen molar-refractivity contribution in [2.75, 3.05) is 39.6 Å². The Morgan fingerprint density at radius 1 is 0.341 bits per heavy atom. The van der Waals surface area contributed by atoms with E-state index in [1.807, 2.05) is 77.1 Å². The predicted molar refractivity (Wildman–Crippen MR) is 502 cm³/mol. The number of imidazole rings is 5.